The third-order valence-corrected chi connectivity index (χ3v) is 6.38. The number of aryl methyl sites for hydroxylation is 1. The lowest BCUT2D eigenvalue weighted by Gasteiger charge is -2.35. The SMILES string of the molecule is Cc1ccc(S(=O)(=O)Nc2ccc(F)cc2)cc1C(=O)N1CC(C)CC(C)C1. The zero-order valence-electron chi connectivity index (χ0n) is 16.3. The molecular weight excluding hydrogens is 379 g/mol. The number of piperidine rings is 1. The summed E-state index contributed by atoms with van der Waals surface area (Å²) >= 11 is 0. The van der Waals surface area contributed by atoms with Crippen LogP contribution in [0.3, 0.4) is 0 Å². The molecule has 0 aliphatic carbocycles. The zero-order chi connectivity index (χ0) is 20.5. The van der Waals surface area contributed by atoms with Crippen molar-refractivity contribution in [3.05, 3.63) is 59.4 Å². The number of nitrogens with zero attached hydrogens (tertiary/aromatic N) is 1. The number of likely N-dealkylation sites (tertiary alicyclic amines) is 1. The fourth-order valence-electron chi connectivity index (χ4n) is 3.73. The van der Waals surface area contributed by atoms with E-state index in [1.165, 1.54) is 36.4 Å². The van der Waals surface area contributed by atoms with Crippen molar-refractivity contribution in [3.8, 4) is 0 Å². The molecule has 2 atom stereocenters. The Hall–Kier alpha value is -2.41. The summed E-state index contributed by atoms with van der Waals surface area (Å²) < 4.78 is 40.9. The van der Waals surface area contributed by atoms with Crippen LogP contribution in [0.25, 0.3) is 0 Å². The predicted octanol–water partition coefficient (Wildman–Crippen LogP) is 4.05. The van der Waals surface area contributed by atoms with E-state index < -0.39 is 15.8 Å². The van der Waals surface area contributed by atoms with Crippen molar-refractivity contribution in [1.29, 1.82) is 0 Å². The van der Waals surface area contributed by atoms with E-state index in [-0.39, 0.29) is 16.5 Å². The van der Waals surface area contributed by atoms with Gasteiger partial charge in [-0.25, -0.2) is 12.8 Å². The van der Waals surface area contributed by atoms with Gasteiger partial charge in [0.05, 0.1) is 4.90 Å². The number of amides is 1. The van der Waals surface area contributed by atoms with Crippen molar-refractivity contribution in [3.63, 3.8) is 0 Å². The summed E-state index contributed by atoms with van der Waals surface area (Å²) in [5.74, 6) is 0.242. The maximum Gasteiger partial charge on any atom is 0.261 e. The minimum absolute atomic E-state index is 0.00359. The fraction of sp³-hybridized carbons (Fsp3) is 0.381. The molecule has 0 bridgehead atoms. The van der Waals surface area contributed by atoms with Crippen molar-refractivity contribution < 1.29 is 17.6 Å². The fourth-order valence-corrected chi connectivity index (χ4v) is 4.81. The molecule has 0 saturated carbocycles. The number of anilines is 1. The highest BCUT2D eigenvalue weighted by atomic mass is 32.2. The van der Waals surface area contributed by atoms with Crippen LogP contribution in [0.1, 0.15) is 36.2 Å². The number of rotatable bonds is 4. The summed E-state index contributed by atoms with van der Waals surface area (Å²) in [4.78, 5) is 14.9. The van der Waals surface area contributed by atoms with Crippen LogP contribution in [0.4, 0.5) is 10.1 Å². The maximum atomic E-state index is 13.1. The number of carbonyl (C=O) groups is 1. The van der Waals surface area contributed by atoms with E-state index in [1.807, 2.05) is 4.90 Å². The second kappa shape index (κ2) is 7.91. The third-order valence-electron chi connectivity index (χ3n) is 5.00. The minimum Gasteiger partial charge on any atom is -0.338 e. The van der Waals surface area contributed by atoms with Gasteiger partial charge >= 0.3 is 0 Å². The molecule has 0 spiro atoms. The average molecular weight is 405 g/mol. The Morgan fingerprint density at radius 3 is 2.29 bits per heavy atom. The van der Waals surface area contributed by atoms with E-state index in [0.717, 1.165) is 12.0 Å². The number of hydrogen-bond acceptors (Lipinski definition) is 3. The van der Waals surface area contributed by atoms with Gasteiger partial charge in [-0.05, 0) is 67.1 Å². The summed E-state index contributed by atoms with van der Waals surface area (Å²) in [6, 6.07) is 9.60. The van der Waals surface area contributed by atoms with Gasteiger partial charge in [-0.2, -0.15) is 0 Å². The Labute approximate surface area is 165 Å². The number of benzene rings is 2. The molecule has 1 heterocycles. The lowest BCUT2D eigenvalue weighted by molar-refractivity contribution is 0.0622. The number of halogens is 1. The molecule has 2 aromatic rings. The minimum atomic E-state index is -3.89. The first-order chi connectivity index (χ1) is 13.2. The highest BCUT2D eigenvalue weighted by Gasteiger charge is 2.28. The normalized spacial score (nSPS) is 20.1. The number of sulfonamides is 1. The van der Waals surface area contributed by atoms with Crippen molar-refractivity contribution in [2.45, 2.75) is 32.1 Å². The molecule has 2 aromatic carbocycles. The Balaban J connectivity index is 1.88. The molecule has 2 unspecified atom stereocenters. The highest BCUT2D eigenvalue weighted by molar-refractivity contribution is 7.92. The zero-order valence-corrected chi connectivity index (χ0v) is 17.1. The van der Waals surface area contributed by atoms with Gasteiger partial charge in [0, 0.05) is 24.3 Å². The lowest BCUT2D eigenvalue weighted by Crippen LogP contribution is -2.42. The van der Waals surface area contributed by atoms with Gasteiger partial charge in [0.15, 0.2) is 0 Å². The van der Waals surface area contributed by atoms with Gasteiger partial charge in [-0.1, -0.05) is 19.9 Å². The third kappa shape index (κ3) is 4.52. The second-order valence-electron chi connectivity index (χ2n) is 7.75. The van der Waals surface area contributed by atoms with Crippen LogP contribution in [0.5, 0.6) is 0 Å². The Bertz CT molecular complexity index is 964. The monoisotopic (exact) mass is 404 g/mol. The second-order valence-corrected chi connectivity index (χ2v) is 9.43. The van der Waals surface area contributed by atoms with E-state index in [4.69, 9.17) is 0 Å². The van der Waals surface area contributed by atoms with Crippen LogP contribution in [0, 0.1) is 24.6 Å². The van der Waals surface area contributed by atoms with Crippen LogP contribution >= 0.6 is 0 Å². The van der Waals surface area contributed by atoms with Crippen LogP contribution in [0.15, 0.2) is 47.4 Å². The molecule has 1 amide bonds. The maximum absolute atomic E-state index is 13.1. The molecule has 1 fully saturated rings. The Morgan fingerprint density at radius 1 is 1.07 bits per heavy atom. The van der Waals surface area contributed by atoms with E-state index >= 15 is 0 Å². The van der Waals surface area contributed by atoms with Gasteiger partial charge in [0.2, 0.25) is 0 Å². The van der Waals surface area contributed by atoms with E-state index in [2.05, 4.69) is 18.6 Å². The summed E-state index contributed by atoms with van der Waals surface area (Å²) in [5.41, 5.74) is 1.38. The van der Waals surface area contributed by atoms with Gasteiger partial charge in [0.25, 0.3) is 15.9 Å². The summed E-state index contributed by atoms with van der Waals surface area (Å²) in [6.45, 7) is 7.39. The van der Waals surface area contributed by atoms with Crippen molar-refractivity contribution in [2.75, 3.05) is 17.8 Å². The van der Waals surface area contributed by atoms with Gasteiger partial charge < -0.3 is 4.90 Å². The highest BCUT2D eigenvalue weighted by Crippen LogP contribution is 2.25. The molecule has 1 N–H and O–H groups in total. The van der Waals surface area contributed by atoms with Crippen molar-refractivity contribution in [2.24, 2.45) is 11.8 Å². The topological polar surface area (TPSA) is 66.5 Å². The molecule has 28 heavy (non-hydrogen) atoms. The molecule has 1 saturated heterocycles. The van der Waals surface area contributed by atoms with E-state index in [1.54, 1.807) is 13.0 Å². The summed E-state index contributed by atoms with van der Waals surface area (Å²) in [5, 5.41) is 0. The molecule has 3 rings (SSSR count). The standard InChI is InChI=1S/C21H25FN2O3S/c1-14-10-15(2)13-24(12-14)21(25)20-11-19(9-4-16(20)3)28(26,27)23-18-7-5-17(22)6-8-18/h4-9,11,14-15,23H,10,12-13H2,1-3H3. The predicted molar refractivity (Wildman–Crippen MR) is 107 cm³/mol. The summed E-state index contributed by atoms with van der Waals surface area (Å²) in [7, 11) is -3.89. The molecule has 1 aliphatic heterocycles. The van der Waals surface area contributed by atoms with Gasteiger partial charge in [0.1, 0.15) is 5.82 Å². The summed E-state index contributed by atoms with van der Waals surface area (Å²) in [6.07, 6.45) is 1.08. The van der Waals surface area contributed by atoms with Crippen molar-refractivity contribution in [1.82, 2.24) is 4.90 Å². The van der Waals surface area contributed by atoms with Gasteiger partial charge in [-0.15, -0.1) is 0 Å². The van der Waals surface area contributed by atoms with E-state index in [0.29, 0.717) is 30.5 Å². The first-order valence-electron chi connectivity index (χ1n) is 9.34. The average Bonchev–Trinajstić information content (AvgIpc) is 2.62. The number of nitrogens with one attached hydrogen (secondary N) is 1. The molecule has 5 nitrogen and oxygen atoms in total. The molecule has 150 valence electrons. The first-order valence-corrected chi connectivity index (χ1v) is 10.8. The van der Waals surface area contributed by atoms with Crippen LogP contribution in [-0.4, -0.2) is 32.3 Å². The van der Waals surface area contributed by atoms with Crippen LogP contribution in [-0.2, 0) is 10.0 Å². The van der Waals surface area contributed by atoms with Crippen molar-refractivity contribution >= 4 is 21.6 Å². The quantitative estimate of drug-likeness (QED) is 0.836. The smallest absolute Gasteiger partial charge is 0.261 e. The molecule has 0 radical (unpaired) electrons. The first kappa shape index (κ1) is 20.3. The lowest BCUT2D eigenvalue weighted by atomic mass is 9.91. The molecular formula is C21H25FN2O3S. The van der Waals surface area contributed by atoms with Crippen LogP contribution in [0.2, 0.25) is 0 Å². The molecule has 1 aliphatic rings. The van der Waals surface area contributed by atoms with E-state index in [9.17, 15) is 17.6 Å². The molecule has 0 aromatic heterocycles. The number of hydrogen-bond donors (Lipinski definition) is 1. The molecule has 7 heteroatoms. The number of carbonyl (C=O) groups excluding carboxylic acids is 1. The van der Waals surface area contributed by atoms with Crippen LogP contribution < -0.4 is 4.72 Å². The Kier molecular flexibility index (Phi) is 5.74. The van der Waals surface area contributed by atoms with Gasteiger partial charge in [-0.3, -0.25) is 9.52 Å². The Morgan fingerprint density at radius 2 is 1.68 bits per heavy atom. The largest absolute Gasteiger partial charge is 0.338 e.